The number of nitrogens with one attached hydrogen (secondary N) is 3. The molecule has 158 valence electrons. The van der Waals surface area contributed by atoms with Crippen LogP contribution >= 0.6 is 0 Å². The number of carbonyl (C=O) groups excluding carboxylic acids is 1. The van der Waals surface area contributed by atoms with E-state index in [2.05, 4.69) is 69.0 Å². The smallest absolute Gasteiger partial charge is 0.320 e. The Balaban J connectivity index is 1.68. The van der Waals surface area contributed by atoms with Gasteiger partial charge in [-0.25, -0.2) is 19.7 Å². The molecule has 0 spiro atoms. The molecule has 1 aromatic carbocycles. The lowest BCUT2D eigenvalue weighted by atomic mass is 9.95. The standard InChI is InChI=1S/C23H30N6O/c1-4-6-7-8-16(3)17-9-11-18(12-10-17)26-21-15-25-19-13-14-20(27-22(19)28-21)29-23(30)24-5-2/h9-16H,4-8H2,1-3H3,(H3,24,26,27,28,29,30). The summed E-state index contributed by atoms with van der Waals surface area (Å²) < 4.78 is 0. The molecular weight excluding hydrogens is 376 g/mol. The number of hydrogen-bond acceptors (Lipinski definition) is 5. The van der Waals surface area contributed by atoms with E-state index in [0.29, 0.717) is 35.3 Å². The number of nitrogens with zero attached hydrogens (tertiary/aromatic N) is 3. The largest absolute Gasteiger partial charge is 0.339 e. The van der Waals surface area contributed by atoms with Crippen molar-refractivity contribution < 1.29 is 4.79 Å². The highest BCUT2D eigenvalue weighted by atomic mass is 16.2. The Hall–Kier alpha value is -3.22. The van der Waals surface area contributed by atoms with Gasteiger partial charge in [0.1, 0.15) is 11.3 Å². The molecule has 2 aromatic heterocycles. The van der Waals surface area contributed by atoms with Gasteiger partial charge in [-0.15, -0.1) is 0 Å². The Bertz CT molecular complexity index is 973. The van der Waals surface area contributed by atoms with Crippen molar-refractivity contribution in [1.82, 2.24) is 20.3 Å². The first kappa shape index (κ1) is 21.5. The summed E-state index contributed by atoms with van der Waals surface area (Å²) >= 11 is 0. The van der Waals surface area contributed by atoms with E-state index in [9.17, 15) is 4.79 Å². The number of unbranched alkanes of at least 4 members (excludes halogenated alkanes) is 2. The first-order chi connectivity index (χ1) is 14.6. The maximum atomic E-state index is 11.7. The van der Waals surface area contributed by atoms with Crippen LogP contribution in [0, 0.1) is 0 Å². The van der Waals surface area contributed by atoms with E-state index in [1.165, 1.54) is 31.2 Å². The summed E-state index contributed by atoms with van der Waals surface area (Å²) in [5.74, 6) is 1.60. The number of hydrogen-bond donors (Lipinski definition) is 3. The molecule has 0 saturated carbocycles. The monoisotopic (exact) mass is 406 g/mol. The average Bonchev–Trinajstić information content (AvgIpc) is 2.74. The van der Waals surface area contributed by atoms with E-state index in [1.54, 1.807) is 18.3 Å². The predicted octanol–water partition coefficient (Wildman–Crippen LogP) is 5.59. The number of benzene rings is 1. The Morgan fingerprint density at radius 3 is 2.50 bits per heavy atom. The highest BCUT2D eigenvalue weighted by molar-refractivity contribution is 5.89. The van der Waals surface area contributed by atoms with Crippen LogP contribution in [-0.2, 0) is 0 Å². The van der Waals surface area contributed by atoms with Gasteiger partial charge in [0.25, 0.3) is 0 Å². The van der Waals surface area contributed by atoms with Crippen LogP contribution in [0.2, 0.25) is 0 Å². The molecular formula is C23H30N6O. The normalized spacial score (nSPS) is 11.8. The Kier molecular flexibility index (Phi) is 7.54. The van der Waals surface area contributed by atoms with Crippen LogP contribution in [-0.4, -0.2) is 27.5 Å². The molecule has 30 heavy (non-hydrogen) atoms. The number of anilines is 3. The second-order valence-corrected chi connectivity index (χ2v) is 7.42. The van der Waals surface area contributed by atoms with Crippen LogP contribution in [0.15, 0.2) is 42.6 Å². The summed E-state index contributed by atoms with van der Waals surface area (Å²) in [6.07, 6.45) is 6.71. The number of aromatic nitrogens is 3. The number of fused-ring (bicyclic) bond motifs is 1. The molecule has 0 saturated heterocycles. The van der Waals surface area contributed by atoms with Crippen LogP contribution in [0.4, 0.5) is 22.1 Å². The summed E-state index contributed by atoms with van der Waals surface area (Å²) in [7, 11) is 0. The second kappa shape index (κ2) is 10.5. The number of pyridine rings is 1. The Morgan fingerprint density at radius 2 is 1.77 bits per heavy atom. The minimum Gasteiger partial charge on any atom is -0.339 e. The van der Waals surface area contributed by atoms with E-state index in [-0.39, 0.29) is 6.03 Å². The zero-order valence-corrected chi connectivity index (χ0v) is 17.9. The summed E-state index contributed by atoms with van der Waals surface area (Å²) in [5, 5.41) is 8.65. The molecule has 7 nitrogen and oxygen atoms in total. The Labute approximate surface area is 177 Å². The third-order valence-electron chi connectivity index (χ3n) is 4.98. The van der Waals surface area contributed by atoms with Gasteiger partial charge in [0.15, 0.2) is 11.5 Å². The molecule has 0 fully saturated rings. The number of amides is 2. The minimum absolute atomic E-state index is 0.296. The molecule has 3 rings (SSSR count). The highest BCUT2D eigenvalue weighted by Gasteiger charge is 2.08. The molecule has 2 amide bonds. The first-order valence-electron chi connectivity index (χ1n) is 10.6. The first-order valence-corrected chi connectivity index (χ1v) is 10.6. The maximum absolute atomic E-state index is 11.7. The van der Waals surface area contributed by atoms with Gasteiger partial charge in [-0.1, -0.05) is 45.2 Å². The van der Waals surface area contributed by atoms with E-state index >= 15 is 0 Å². The van der Waals surface area contributed by atoms with Crippen LogP contribution in [0.5, 0.6) is 0 Å². The molecule has 3 aromatic rings. The van der Waals surface area contributed by atoms with Crippen molar-refractivity contribution in [2.45, 2.75) is 52.4 Å². The van der Waals surface area contributed by atoms with Crippen molar-refractivity contribution in [1.29, 1.82) is 0 Å². The topological polar surface area (TPSA) is 91.8 Å². The lowest BCUT2D eigenvalue weighted by molar-refractivity contribution is 0.252. The summed E-state index contributed by atoms with van der Waals surface area (Å²) in [4.78, 5) is 25.0. The summed E-state index contributed by atoms with van der Waals surface area (Å²) in [5.41, 5.74) is 3.43. The van der Waals surface area contributed by atoms with Gasteiger partial charge in [0.05, 0.1) is 6.20 Å². The third-order valence-corrected chi connectivity index (χ3v) is 4.98. The number of urea groups is 1. The van der Waals surface area contributed by atoms with Crippen LogP contribution in [0.25, 0.3) is 11.2 Å². The van der Waals surface area contributed by atoms with Gasteiger partial charge in [0, 0.05) is 12.2 Å². The van der Waals surface area contributed by atoms with E-state index in [4.69, 9.17) is 0 Å². The van der Waals surface area contributed by atoms with Gasteiger partial charge in [-0.2, -0.15) is 0 Å². The molecule has 2 heterocycles. The lowest BCUT2D eigenvalue weighted by Gasteiger charge is -2.13. The molecule has 0 aliphatic carbocycles. The van der Waals surface area contributed by atoms with Crippen molar-refractivity contribution >= 4 is 34.5 Å². The van der Waals surface area contributed by atoms with E-state index in [0.717, 1.165) is 5.69 Å². The van der Waals surface area contributed by atoms with E-state index < -0.39 is 0 Å². The van der Waals surface area contributed by atoms with Crippen molar-refractivity contribution in [3.05, 3.63) is 48.2 Å². The van der Waals surface area contributed by atoms with Crippen molar-refractivity contribution in [2.24, 2.45) is 0 Å². The molecule has 0 aliphatic rings. The van der Waals surface area contributed by atoms with Crippen molar-refractivity contribution in [3.8, 4) is 0 Å². The number of rotatable bonds is 9. The lowest BCUT2D eigenvalue weighted by Crippen LogP contribution is -2.28. The van der Waals surface area contributed by atoms with Gasteiger partial charge in [-0.3, -0.25) is 5.32 Å². The molecule has 1 atom stereocenters. The SMILES string of the molecule is CCCCCC(C)c1ccc(Nc2cnc3ccc(NC(=O)NCC)nc3n2)cc1. The molecule has 1 unspecified atom stereocenters. The fourth-order valence-corrected chi connectivity index (χ4v) is 3.26. The molecule has 0 radical (unpaired) electrons. The molecule has 0 aliphatic heterocycles. The second-order valence-electron chi connectivity index (χ2n) is 7.42. The number of carbonyl (C=O) groups is 1. The quantitative estimate of drug-likeness (QED) is 0.403. The van der Waals surface area contributed by atoms with Gasteiger partial charge in [0.2, 0.25) is 0 Å². The zero-order valence-electron chi connectivity index (χ0n) is 17.9. The summed E-state index contributed by atoms with van der Waals surface area (Å²) in [6, 6.07) is 11.7. The van der Waals surface area contributed by atoms with Crippen LogP contribution < -0.4 is 16.0 Å². The van der Waals surface area contributed by atoms with Crippen LogP contribution in [0.1, 0.15) is 57.9 Å². The zero-order chi connectivity index (χ0) is 21.3. The van der Waals surface area contributed by atoms with Crippen molar-refractivity contribution in [2.75, 3.05) is 17.2 Å². The maximum Gasteiger partial charge on any atom is 0.320 e. The van der Waals surface area contributed by atoms with Gasteiger partial charge in [-0.05, 0) is 49.1 Å². The van der Waals surface area contributed by atoms with Gasteiger partial charge < -0.3 is 10.6 Å². The molecule has 0 bridgehead atoms. The highest BCUT2D eigenvalue weighted by Crippen LogP contribution is 2.24. The minimum atomic E-state index is -0.296. The third kappa shape index (κ3) is 5.89. The molecule has 3 N–H and O–H groups in total. The predicted molar refractivity (Wildman–Crippen MR) is 122 cm³/mol. The Morgan fingerprint density at radius 1 is 1.00 bits per heavy atom. The van der Waals surface area contributed by atoms with Crippen molar-refractivity contribution in [3.63, 3.8) is 0 Å². The average molecular weight is 407 g/mol. The van der Waals surface area contributed by atoms with Gasteiger partial charge >= 0.3 is 6.03 Å². The van der Waals surface area contributed by atoms with E-state index in [1.807, 2.05) is 6.92 Å². The fraction of sp³-hybridized carbons (Fsp3) is 0.391. The fourth-order valence-electron chi connectivity index (χ4n) is 3.26. The summed E-state index contributed by atoms with van der Waals surface area (Å²) in [6.45, 7) is 6.92. The van der Waals surface area contributed by atoms with Crippen LogP contribution in [0.3, 0.4) is 0 Å². The molecule has 7 heteroatoms.